The Morgan fingerprint density at radius 3 is 2.44 bits per heavy atom. The number of anilines is 1. The molecule has 1 unspecified atom stereocenters. The molecule has 0 spiro atoms. The van der Waals surface area contributed by atoms with Gasteiger partial charge in [0.05, 0.1) is 0 Å². The Morgan fingerprint density at radius 2 is 1.75 bits per heavy atom. The molecule has 1 aliphatic rings. The topological polar surface area (TPSA) is 100 Å². The normalized spacial score (nSPS) is 13.8. The van der Waals surface area contributed by atoms with Crippen LogP contribution < -0.4 is 16.0 Å². The highest BCUT2D eigenvalue weighted by Gasteiger charge is 2.28. The van der Waals surface area contributed by atoms with E-state index in [1.165, 1.54) is 0 Å². The lowest BCUT2D eigenvalue weighted by Gasteiger charge is -2.19. The van der Waals surface area contributed by atoms with Crippen LogP contribution in [0.2, 0.25) is 0 Å². The van der Waals surface area contributed by atoms with Gasteiger partial charge in [-0.15, -0.1) is 0 Å². The second-order valence-corrected chi connectivity index (χ2v) is 8.42. The van der Waals surface area contributed by atoms with Crippen molar-refractivity contribution < 1.29 is 18.8 Å². The van der Waals surface area contributed by atoms with Gasteiger partial charge in [-0.3, -0.25) is 14.4 Å². The van der Waals surface area contributed by atoms with Crippen molar-refractivity contribution in [1.29, 1.82) is 0 Å². The first-order chi connectivity index (χ1) is 15.5. The molecular formula is C24H22BrN3O4. The zero-order valence-corrected chi connectivity index (χ0v) is 18.7. The molecule has 3 aromatic rings. The number of hydrogen-bond acceptors (Lipinski definition) is 4. The monoisotopic (exact) mass is 495 g/mol. The number of hydrogen-bond donors (Lipinski definition) is 3. The molecule has 1 saturated carbocycles. The van der Waals surface area contributed by atoms with E-state index in [1.807, 2.05) is 30.3 Å². The zero-order valence-electron chi connectivity index (χ0n) is 17.1. The molecule has 8 heteroatoms. The smallest absolute Gasteiger partial charge is 0.291 e. The number of nitrogens with one attached hydrogen (secondary N) is 3. The number of carbonyl (C=O) groups is 3. The molecule has 3 N–H and O–H groups in total. The second-order valence-electron chi connectivity index (χ2n) is 7.64. The van der Waals surface area contributed by atoms with Crippen molar-refractivity contribution >= 4 is 39.3 Å². The van der Waals surface area contributed by atoms with Gasteiger partial charge < -0.3 is 20.4 Å². The molecule has 164 valence electrons. The minimum absolute atomic E-state index is 0.145. The summed E-state index contributed by atoms with van der Waals surface area (Å²) in [7, 11) is 0. The van der Waals surface area contributed by atoms with Gasteiger partial charge in [-0.2, -0.15) is 0 Å². The van der Waals surface area contributed by atoms with E-state index in [4.69, 9.17) is 4.42 Å². The van der Waals surface area contributed by atoms with Crippen molar-refractivity contribution in [2.75, 3.05) is 5.32 Å². The number of carbonyl (C=O) groups excluding carboxylic acids is 3. The fourth-order valence-corrected chi connectivity index (χ4v) is 3.50. The molecular weight excluding hydrogens is 474 g/mol. The standard InChI is InChI=1S/C24H22BrN3O4/c25-21-12-11-20(32-21)24(31)27-18-8-4-7-16(14-18)22(29)28-19(23(30)26-17-9-10-17)13-15-5-2-1-3-6-15/h1-8,11-12,14,17,19H,9-10,13H2,(H,26,30)(H,27,31)(H,28,29). The van der Waals surface area contributed by atoms with E-state index < -0.39 is 17.9 Å². The zero-order chi connectivity index (χ0) is 22.5. The predicted molar refractivity (Wildman–Crippen MR) is 123 cm³/mol. The van der Waals surface area contributed by atoms with Crippen LogP contribution in [0.3, 0.4) is 0 Å². The first-order valence-electron chi connectivity index (χ1n) is 10.3. The van der Waals surface area contributed by atoms with E-state index in [0.717, 1.165) is 18.4 Å². The Kier molecular flexibility index (Phi) is 6.70. The Morgan fingerprint density at radius 1 is 0.969 bits per heavy atom. The minimum atomic E-state index is -0.704. The predicted octanol–water partition coefficient (Wildman–Crippen LogP) is 3.91. The molecule has 0 radical (unpaired) electrons. The van der Waals surface area contributed by atoms with Crippen LogP contribution in [-0.2, 0) is 11.2 Å². The van der Waals surface area contributed by atoms with Crippen molar-refractivity contribution in [3.05, 3.63) is 88.3 Å². The van der Waals surface area contributed by atoms with Crippen molar-refractivity contribution in [2.45, 2.75) is 31.3 Å². The highest BCUT2D eigenvalue weighted by molar-refractivity contribution is 9.10. The molecule has 0 saturated heterocycles. The van der Waals surface area contributed by atoms with Crippen LogP contribution in [0.1, 0.15) is 39.3 Å². The highest BCUT2D eigenvalue weighted by atomic mass is 79.9. The number of furan rings is 1. The summed E-state index contributed by atoms with van der Waals surface area (Å²) in [6, 6.07) is 18.7. The number of rotatable bonds is 8. The third-order valence-corrected chi connectivity index (χ3v) is 5.43. The van der Waals surface area contributed by atoms with E-state index >= 15 is 0 Å². The number of halogens is 1. The van der Waals surface area contributed by atoms with E-state index in [2.05, 4.69) is 31.9 Å². The SMILES string of the molecule is O=C(NC(Cc1ccccc1)C(=O)NC1CC1)c1cccc(NC(=O)c2ccc(Br)o2)c1. The Hall–Kier alpha value is -3.39. The molecule has 3 amide bonds. The summed E-state index contributed by atoms with van der Waals surface area (Å²) >= 11 is 3.16. The maximum absolute atomic E-state index is 12.9. The van der Waals surface area contributed by atoms with Gasteiger partial charge in [-0.1, -0.05) is 36.4 Å². The largest absolute Gasteiger partial charge is 0.444 e. The van der Waals surface area contributed by atoms with Crippen molar-refractivity contribution in [2.24, 2.45) is 0 Å². The lowest BCUT2D eigenvalue weighted by molar-refractivity contribution is -0.123. The lowest BCUT2D eigenvalue weighted by atomic mass is 10.0. The van der Waals surface area contributed by atoms with E-state index in [0.29, 0.717) is 22.3 Å². The van der Waals surface area contributed by atoms with Gasteiger partial charge >= 0.3 is 0 Å². The minimum Gasteiger partial charge on any atom is -0.444 e. The van der Waals surface area contributed by atoms with Crippen LogP contribution in [-0.4, -0.2) is 29.8 Å². The van der Waals surface area contributed by atoms with Crippen molar-refractivity contribution in [3.8, 4) is 0 Å². The molecule has 32 heavy (non-hydrogen) atoms. The molecule has 7 nitrogen and oxygen atoms in total. The molecule has 1 aliphatic carbocycles. The first-order valence-corrected chi connectivity index (χ1v) is 11.1. The molecule has 1 fully saturated rings. The summed E-state index contributed by atoms with van der Waals surface area (Å²) < 4.78 is 5.70. The molecule has 1 aromatic heterocycles. The fraction of sp³-hybridized carbons (Fsp3) is 0.208. The Bertz CT molecular complexity index is 1130. The fourth-order valence-electron chi connectivity index (χ4n) is 3.20. The van der Waals surface area contributed by atoms with Gasteiger partial charge in [0, 0.05) is 23.7 Å². The number of benzene rings is 2. The first kappa shape index (κ1) is 21.8. The maximum atomic E-state index is 12.9. The summed E-state index contributed by atoms with van der Waals surface area (Å²) in [5, 5.41) is 8.51. The summed E-state index contributed by atoms with van der Waals surface area (Å²) in [5.41, 5.74) is 1.73. The Balaban J connectivity index is 1.45. The van der Waals surface area contributed by atoms with Crippen molar-refractivity contribution in [3.63, 3.8) is 0 Å². The molecule has 1 atom stereocenters. The van der Waals surface area contributed by atoms with Crippen LogP contribution >= 0.6 is 15.9 Å². The highest BCUT2D eigenvalue weighted by Crippen LogP contribution is 2.20. The summed E-state index contributed by atoms with van der Waals surface area (Å²) in [6.07, 6.45) is 2.31. The van der Waals surface area contributed by atoms with Gasteiger partial charge in [0.15, 0.2) is 10.4 Å². The van der Waals surface area contributed by atoms with Gasteiger partial charge in [-0.05, 0) is 64.7 Å². The summed E-state index contributed by atoms with van der Waals surface area (Å²) in [6.45, 7) is 0. The molecule has 0 bridgehead atoms. The van der Waals surface area contributed by atoms with Crippen LogP contribution in [0.4, 0.5) is 5.69 Å². The van der Waals surface area contributed by atoms with Crippen LogP contribution in [0.15, 0.2) is 75.8 Å². The average Bonchev–Trinajstić information content (AvgIpc) is 3.50. The van der Waals surface area contributed by atoms with Gasteiger partial charge in [0.1, 0.15) is 6.04 Å². The summed E-state index contributed by atoms with van der Waals surface area (Å²) in [4.78, 5) is 38.0. The van der Waals surface area contributed by atoms with Crippen LogP contribution in [0.5, 0.6) is 0 Å². The van der Waals surface area contributed by atoms with E-state index in [9.17, 15) is 14.4 Å². The second kappa shape index (κ2) is 9.82. The lowest BCUT2D eigenvalue weighted by Crippen LogP contribution is -2.48. The molecule has 0 aliphatic heterocycles. The van der Waals surface area contributed by atoms with Crippen LogP contribution in [0.25, 0.3) is 0 Å². The molecule has 4 rings (SSSR count). The average molecular weight is 496 g/mol. The van der Waals surface area contributed by atoms with Crippen molar-refractivity contribution in [1.82, 2.24) is 10.6 Å². The van der Waals surface area contributed by atoms with E-state index in [-0.39, 0.29) is 17.7 Å². The van der Waals surface area contributed by atoms with Gasteiger partial charge in [0.2, 0.25) is 5.91 Å². The molecule has 2 aromatic carbocycles. The quantitative estimate of drug-likeness (QED) is 0.440. The third kappa shape index (κ3) is 5.85. The van der Waals surface area contributed by atoms with Crippen LogP contribution in [0, 0.1) is 0 Å². The van der Waals surface area contributed by atoms with Gasteiger partial charge in [-0.25, -0.2) is 0 Å². The molecule has 1 heterocycles. The number of amides is 3. The Labute approximate surface area is 193 Å². The maximum Gasteiger partial charge on any atom is 0.291 e. The third-order valence-electron chi connectivity index (χ3n) is 5.01. The van der Waals surface area contributed by atoms with E-state index in [1.54, 1.807) is 36.4 Å². The summed E-state index contributed by atoms with van der Waals surface area (Å²) in [5.74, 6) is -0.878. The van der Waals surface area contributed by atoms with Gasteiger partial charge in [0.25, 0.3) is 11.8 Å².